The molecule has 0 radical (unpaired) electrons. The number of amides is 2. The molecule has 3 aromatic rings. The van der Waals surface area contributed by atoms with Gasteiger partial charge in [0.25, 0.3) is 5.91 Å². The minimum atomic E-state index is -4.45. The quantitative estimate of drug-likeness (QED) is 0.563. The first-order chi connectivity index (χ1) is 16.2. The Morgan fingerprint density at radius 1 is 1.09 bits per heavy atom. The van der Waals surface area contributed by atoms with E-state index >= 15 is 0 Å². The summed E-state index contributed by atoms with van der Waals surface area (Å²) in [4.78, 5) is 34.1. The van der Waals surface area contributed by atoms with E-state index in [1.807, 2.05) is 0 Å². The summed E-state index contributed by atoms with van der Waals surface area (Å²) < 4.78 is 44.2. The summed E-state index contributed by atoms with van der Waals surface area (Å²) in [5, 5.41) is 2.77. The van der Waals surface area contributed by atoms with Crippen molar-refractivity contribution in [2.45, 2.75) is 25.1 Å². The maximum atomic E-state index is 12.8. The highest BCUT2D eigenvalue weighted by molar-refractivity contribution is 6.05. The van der Waals surface area contributed by atoms with Gasteiger partial charge in [-0.05, 0) is 55.3 Å². The lowest BCUT2D eigenvalue weighted by molar-refractivity contribution is -0.137. The molecule has 2 aromatic carbocycles. The highest BCUT2D eigenvalue weighted by Crippen LogP contribution is 2.37. The van der Waals surface area contributed by atoms with E-state index in [9.17, 15) is 22.8 Å². The van der Waals surface area contributed by atoms with Crippen molar-refractivity contribution in [2.24, 2.45) is 5.73 Å². The van der Waals surface area contributed by atoms with E-state index in [1.165, 1.54) is 30.7 Å². The smallest absolute Gasteiger partial charge is 0.416 e. The lowest BCUT2D eigenvalue weighted by Crippen LogP contribution is -2.40. The fourth-order valence-corrected chi connectivity index (χ4v) is 3.73. The molecule has 1 aliphatic rings. The molecule has 3 N–H and O–H groups in total. The van der Waals surface area contributed by atoms with Crippen LogP contribution in [0.15, 0.2) is 61.1 Å². The Kier molecular flexibility index (Phi) is 6.35. The minimum Gasteiger partial charge on any atom is -0.457 e. The number of alkyl halides is 3. The molecule has 0 unspecified atom stereocenters. The molecule has 2 amide bonds. The van der Waals surface area contributed by atoms with Crippen LogP contribution in [0.1, 0.15) is 28.9 Å². The SMILES string of the molecule is NC(=O)[C@@H]1CCCN1c1cc(Oc2ccc(C(F)(F)F)cc2)ccc1NC(=O)c1ccncn1. The second-order valence-corrected chi connectivity index (χ2v) is 7.61. The molecule has 11 heteroatoms. The Labute approximate surface area is 192 Å². The first-order valence-corrected chi connectivity index (χ1v) is 10.3. The summed E-state index contributed by atoms with van der Waals surface area (Å²) in [5.41, 5.74) is 5.83. The normalized spacial score (nSPS) is 15.7. The van der Waals surface area contributed by atoms with Crippen LogP contribution in [-0.2, 0) is 11.0 Å². The van der Waals surface area contributed by atoms with Crippen LogP contribution in [0.3, 0.4) is 0 Å². The van der Waals surface area contributed by atoms with Crippen LogP contribution in [0.4, 0.5) is 24.5 Å². The Balaban J connectivity index is 1.64. The van der Waals surface area contributed by atoms with Crippen molar-refractivity contribution in [3.63, 3.8) is 0 Å². The number of ether oxygens (including phenoxy) is 1. The minimum absolute atomic E-state index is 0.152. The van der Waals surface area contributed by atoms with Gasteiger partial charge >= 0.3 is 6.18 Å². The Morgan fingerprint density at radius 2 is 1.82 bits per heavy atom. The predicted molar refractivity (Wildman–Crippen MR) is 118 cm³/mol. The van der Waals surface area contributed by atoms with Gasteiger partial charge in [0.2, 0.25) is 5.91 Å². The summed E-state index contributed by atoms with van der Waals surface area (Å²) >= 11 is 0. The zero-order valence-electron chi connectivity index (χ0n) is 17.7. The summed E-state index contributed by atoms with van der Waals surface area (Å²) in [5.74, 6) is -0.468. The lowest BCUT2D eigenvalue weighted by atomic mass is 10.1. The molecule has 2 heterocycles. The number of hydrogen-bond donors (Lipinski definition) is 2. The predicted octanol–water partition coefficient (Wildman–Crippen LogP) is 3.99. The molecule has 1 aromatic heterocycles. The molecular weight excluding hydrogens is 451 g/mol. The van der Waals surface area contributed by atoms with Gasteiger partial charge < -0.3 is 20.7 Å². The number of carbonyl (C=O) groups is 2. The van der Waals surface area contributed by atoms with Crippen LogP contribution in [-0.4, -0.2) is 34.4 Å². The maximum Gasteiger partial charge on any atom is 0.416 e. The van der Waals surface area contributed by atoms with Gasteiger partial charge in [0.1, 0.15) is 29.6 Å². The average molecular weight is 471 g/mol. The number of hydrogen-bond acceptors (Lipinski definition) is 6. The largest absolute Gasteiger partial charge is 0.457 e. The number of nitrogens with one attached hydrogen (secondary N) is 1. The summed E-state index contributed by atoms with van der Waals surface area (Å²) in [6, 6.07) is 9.93. The van der Waals surface area contributed by atoms with E-state index in [0.29, 0.717) is 30.1 Å². The zero-order valence-corrected chi connectivity index (χ0v) is 17.7. The van der Waals surface area contributed by atoms with E-state index in [4.69, 9.17) is 10.5 Å². The van der Waals surface area contributed by atoms with Crippen molar-refractivity contribution in [1.29, 1.82) is 0 Å². The van der Waals surface area contributed by atoms with Crippen molar-refractivity contribution in [3.05, 3.63) is 72.3 Å². The van der Waals surface area contributed by atoms with Crippen LogP contribution >= 0.6 is 0 Å². The fraction of sp³-hybridized carbons (Fsp3) is 0.217. The highest BCUT2D eigenvalue weighted by atomic mass is 19.4. The Bertz CT molecular complexity index is 1190. The zero-order chi connectivity index (χ0) is 24.3. The van der Waals surface area contributed by atoms with Gasteiger partial charge in [-0.2, -0.15) is 13.2 Å². The third-order valence-electron chi connectivity index (χ3n) is 5.34. The third-order valence-corrected chi connectivity index (χ3v) is 5.34. The maximum absolute atomic E-state index is 12.8. The Hall–Kier alpha value is -4.15. The molecule has 4 rings (SSSR count). The number of primary amides is 1. The van der Waals surface area contributed by atoms with Gasteiger partial charge in [-0.15, -0.1) is 0 Å². The molecule has 176 valence electrons. The number of nitrogens with two attached hydrogens (primary N) is 1. The number of halogens is 3. The number of nitrogens with zero attached hydrogens (tertiary/aromatic N) is 3. The van der Waals surface area contributed by atoms with Crippen molar-refractivity contribution in [2.75, 3.05) is 16.8 Å². The second kappa shape index (κ2) is 9.38. The number of benzene rings is 2. The number of rotatable bonds is 6. The first kappa shape index (κ1) is 23.0. The van der Waals surface area contributed by atoms with Crippen molar-refractivity contribution < 1.29 is 27.5 Å². The molecule has 0 saturated carbocycles. The van der Waals surface area contributed by atoms with Gasteiger partial charge in [0.05, 0.1) is 16.9 Å². The fourth-order valence-electron chi connectivity index (χ4n) is 3.73. The third kappa shape index (κ3) is 5.08. The number of anilines is 2. The van der Waals surface area contributed by atoms with E-state index in [-0.39, 0.29) is 11.4 Å². The average Bonchev–Trinajstić information content (AvgIpc) is 3.30. The summed E-state index contributed by atoms with van der Waals surface area (Å²) in [7, 11) is 0. The lowest BCUT2D eigenvalue weighted by Gasteiger charge is -2.27. The van der Waals surface area contributed by atoms with Gasteiger partial charge in [-0.1, -0.05) is 0 Å². The molecule has 1 saturated heterocycles. The monoisotopic (exact) mass is 471 g/mol. The standard InChI is InChI=1S/C23H20F3N5O3/c24-23(25,26)14-3-5-15(6-4-14)34-16-7-8-17(30-22(33)18-9-10-28-13-29-18)20(12-16)31-11-1-2-19(31)21(27)32/h3-10,12-13,19H,1-2,11H2,(H2,27,32)(H,30,33)/t19-/m0/s1. The van der Waals surface area contributed by atoms with E-state index < -0.39 is 29.6 Å². The van der Waals surface area contributed by atoms with E-state index in [0.717, 1.165) is 18.6 Å². The molecule has 0 spiro atoms. The van der Waals surface area contributed by atoms with Crippen molar-refractivity contribution >= 4 is 23.2 Å². The number of aromatic nitrogens is 2. The molecule has 34 heavy (non-hydrogen) atoms. The number of carbonyl (C=O) groups excluding carboxylic acids is 2. The van der Waals surface area contributed by atoms with Crippen LogP contribution in [0.25, 0.3) is 0 Å². The molecule has 0 bridgehead atoms. The van der Waals surface area contributed by atoms with Gasteiger partial charge in [-0.25, -0.2) is 9.97 Å². The van der Waals surface area contributed by atoms with Gasteiger partial charge in [0, 0.05) is 18.8 Å². The molecule has 1 aliphatic heterocycles. The molecule has 8 nitrogen and oxygen atoms in total. The van der Waals surface area contributed by atoms with Gasteiger partial charge in [0.15, 0.2) is 0 Å². The van der Waals surface area contributed by atoms with Crippen molar-refractivity contribution in [3.8, 4) is 11.5 Å². The van der Waals surface area contributed by atoms with Crippen LogP contribution in [0, 0.1) is 0 Å². The Morgan fingerprint density at radius 3 is 2.47 bits per heavy atom. The topological polar surface area (TPSA) is 110 Å². The summed E-state index contributed by atoms with van der Waals surface area (Å²) in [6.45, 7) is 0.522. The van der Waals surface area contributed by atoms with Crippen LogP contribution < -0.4 is 20.7 Å². The summed E-state index contributed by atoms with van der Waals surface area (Å²) in [6.07, 6.45) is -0.488. The van der Waals surface area contributed by atoms with Crippen LogP contribution in [0.2, 0.25) is 0 Å². The molecular formula is C23H20F3N5O3. The first-order valence-electron chi connectivity index (χ1n) is 10.3. The van der Waals surface area contributed by atoms with E-state index in [1.54, 1.807) is 23.1 Å². The van der Waals surface area contributed by atoms with E-state index in [2.05, 4.69) is 15.3 Å². The molecule has 1 atom stereocenters. The van der Waals surface area contributed by atoms with Gasteiger partial charge in [-0.3, -0.25) is 9.59 Å². The molecule has 1 fully saturated rings. The second-order valence-electron chi connectivity index (χ2n) is 7.61. The molecule has 0 aliphatic carbocycles. The highest BCUT2D eigenvalue weighted by Gasteiger charge is 2.32. The van der Waals surface area contributed by atoms with Crippen molar-refractivity contribution in [1.82, 2.24) is 9.97 Å². The van der Waals surface area contributed by atoms with Crippen LogP contribution in [0.5, 0.6) is 11.5 Å².